The SMILES string of the molecule is c1ccc(-c2ccc(N(c3ccc4c(c3)c3ccccc3n4-c3ccccc3)c3cccc4sc5cc6ccccc6cc5c34)c3ccccc23)cc1. The summed E-state index contributed by atoms with van der Waals surface area (Å²) in [6.45, 7) is 0. The van der Waals surface area contributed by atoms with Crippen molar-refractivity contribution in [1.29, 1.82) is 0 Å². The Bertz CT molecular complexity index is 3170. The zero-order valence-electron chi connectivity index (χ0n) is 28.8. The van der Waals surface area contributed by atoms with Gasteiger partial charge in [0.2, 0.25) is 0 Å². The number of anilines is 3. The average Bonchev–Trinajstić information content (AvgIpc) is 3.76. The molecule has 0 N–H and O–H groups in total. The molecule has 9 aromatic carbocycles. The highest BCUT2D eigenvalue weighted by Crippen LogP contribution is 2.49. The Hall–Kier alpha value is -6.68. The Morgan fingerprint density at radius 1 is 0.396 bits per heavy atom. The summed E-state index contributed by atoms with van der Waals surface area (Å²) in [5, 5.41) is 10.0. The number of hydrogen-bond donors (Lipinski definition) is 0. The van der Waals surface area contributed by atoms with Crippen molar-refractivity contribution in [2.24, 2.45) is 0 Å². The third-order valence-electron chi connectivity index (χ3n) is 10.7. The summed E-state index contributed by atoms with van der Waals surface area (Å²) in [6, 6.07) is 71.0. The first-order valence-electron chi connectivity index (χ1n) is 18.1. The fourth-order valence-electron chi connectivity index (χ4n) is 8.39. The Labute approximate surface area is 311 Å². The van der Waals surface area contributed by atoms with Crippen LogP contribution in [0.2, 0.25) is 0 Å². The molecule has 0 amide bonds. The number of thiophene rings is 1. The maximum atomic E-state index is 2.51. The van der Waals surface area contributed by atoms with Crippen molar-refractivity contribution in [2.45, 2.75) is 0 Å². The molecule has 0 radical (unpaired) electrons. The number of aromatic nitrogens is 1. The molecule has 0 fully saturated rings. The minimum atomic E-state index is 1.12. The molecule has 11 rings (SSSR count). The highest BCUT2D eigenvalue weighted by Gasteiger charge is 2.23. The van der Waals surface area contributed by atoms with Crippen LogP contribution in [0.4, 0.5) is 17.1 Å². The second-order valence-electron chi connectivity index (χ2n) is 13.7. The highest BCUT2D eigenvalue weighted by atomic mass is 32.1. The summed E-state index contributed by atoms with van der Waals surface area (Å²) < 4.78 is 4.97. The molecule has 3 heteroatoms. The lowest BCUT2D eigenvalue weighted by Gasteiger charge is -2.28. The molecule has 0 unspecified atom stereocenters. The molecule has 0 atom stereocenters. The van der Waals surface area contributed by atoms with E-state index in [2.05, 4.69) is 204 Å². The van der Waals surface area contributed by atoms with E-state index in [0.29, 0.717) is 0 Å². The van der Waals surface area contributed by atoms with Gasteiger partial charge in [0.25, 0.3) is 0 Å². The maximum Gasteiger partial charge on any atom is 0.0555 e. The first kappa shape index (κ1) is 30.0. The third-order valence-corrected chi connectivity index (χ3v) is 11.9. The van der Waals surface area contributed by atoms with Gasteiger partial charge in [-0.25, -0.2) is 0 Å². The van der Waals surface area contributed by atoms with Crippen molar-refractivity contribution in [3.63, 3.8) is 0 Å². The van der Waals surface area contributed by atoms with Crippen LogP contribution in [0.5, 0.6) is 0 Å². The van der Waals surface area contributed by atoms with E-state index in [4.69, 9.17) is 0 Å². The van der Waals surface area contributed by atoms with Crippen LogP contribution < -0.4 is 4.90 Å². The van der Waals surface area contributed by atoms with Crippen LogP contribution in [0.3, 0.4) is 0 Å². The van der Waals surface area contributed by atoms with Crippen molar-refractivity contribution < 1.29 is 0 Å². The molecule has 248 valence electrons. The van der Waals surface area contributed by atoms with Crippen LogP contribution in [-0.4, -0.2) is 4.57 Å². The Morgan fingerprint density at radius 2 is 1.08 bits per heavy atom. The molecule has 0 aliphatic carbocycles. The topological polar surface area (TPSA) is 8.17 Å². The standard InChI is InChI=1S/C50H32N2S/c1-3-14-33(15-4-1)38-27-29-45(40-21-10-9-20-39(38)40)52(47-24-13-25-48-50(47)43-30-34-16-7-8-17-35(34)31-49(43)53-48)37-26-28-46-42(32-37)41-22-11-12-23-44(41)51(46)36-18-5-2-6-19-36/h1-32H. The average molecular weight is 693 g/mol. The van der Waals surface area contributed by atoms with E-state index in [1.165, 1.54) is 80.3 Å². The lowest BCUT2D eigenvalue weighted by atomic mass is 9.96. The van der Waals surface area contributed by atoms with Crippen LogP contribution in [0, 0.1) is 0 Å². The molecule has 0 aliphatic heterocycles. The minimum Gasteiger partial charge on any atom is -0.309 e. The molecular formula is C50H32N2S. The largest absolute Gasteiger partial charge is 0.309 e. The van der Waals surface area contributed by atoms with Gasteiger partial charge in [-0.05, 0) is 94.0 Å². The van der Waals surface area contributed by atoms with Gasteiger partial charge in [0, 0.05) is 47.7 Å². The molecule has 2 nitrogen and oxygen atoms in total. The summed E-state index contributed by atoms with van der Waals surface area (Å²) in [4.78, 5) is 2.51. The molecular weight excluding hydrogens is 661 g/mol. The first-order chi connectivity index (χ1) is 26.3. The van der Waals surface area contributed by atoms with Crippen LogP contribution in [-0.2, 0) is 0 Å². The first-order valence-corrected chi connectivity index (χ1v) is 18.9. The summed E-state index contributed by atoms with van der Waals surface area (Å²) in [5.41, 5.74) is 9.45. The van der Waals surface area contributed by atoms with Gasteiger partial charge in [-0.2, -0.15) is 0 Å². The Morgan fingerprint density at radius 3 is 1.91 bits per heavy atom. The molecule has 0 spiro atoms. The molecule has 0 aliphatic rings. The second-order valence-corrected chi connectivity index (χ2v) is 14.8. The van der Waals surface area contributed by atoms with Gasteiger partial charge >= 0.3 is 0 Å². The summed E-state index contributed by atoms with van der Waals surface area (Å²) in [5.74, 6) is 0. The number of nitrogens with zero attached hydrogens (tertiary/aromatic N) is 2. The van der Waals surface area contributed by atoms with Gasteiger partial charge in [-0.1, -0.05) is 127 Å². The van der Waals surface area contributed by atoms with E-state index in [1.54, 1.807) is 0 Å². The summed E-state index contributed by atoms with van der Waals surface area (Å²) in [7, 11) is 0. The fraction of sp³-hybridized carbons (Fsp3) is 0. The molecule has 0 saturated heterocycles. The van der Waals surface area contributed by atoms with E-state index >= 15 is 0 Å². The normalized spacial score (nSPS) is 11.8. The monoisotopic (exact) mass is 692 g/mol. The predicted octanol–water partition coefficient (Wildman–Crippen LogP) is 14.6. The lowest BCUT2D eigenvalue weighted by Crippen LogP contribution is -2.11. The number of hydrogen-bond acceptors (Lipinski definition) is 2. The van der Waals surface area contributed by atoms with Gasteiger partial charge in [0.1, 0.15) is 0 Å². The van der Waals surface area contributed by atoms with E-state index in [9.17, 15) is 0 Å². The molecule has 2 heterocycles. The van der Waals surface area contributed by atoms with E-state index in [1.807, 2.05) is 11.3 Å². The molecule has 53 heavy (non-hydrogen) atoms. The maximum absolute atomic E-state index is 2.51. The summed E-state index contributed by atoms with van der Waals surface area (Å²) >= 11 is 1.88. The smallest absolute Gasteiger partial charge is 0.0555 e. The third kappa shape index (κ3) is 4.71. The molecule has 0 bridgehead atoms. The van der Waals surface area contributed by atoms with Gasteiger partial charge in [0.05, 0.1) is 22.4 Å². The Balaban J connectivity index is 1.23. The second kappa shape index (κ2) is 11.9. The zero-order chi connectivity index (χ0) is 34.9. The fourth-order valence-corrected chi connectivity index (χ4v) is 9.55. The molecule has 11 aromatic rings. The number of rotatable bonds is 5. The minimum absolute atomic E-state index is 1.12. The van der Waals surface area contributed by atoms with Crippen molar-refractivity contribution >= 4 is 91.9 Å². The molecule has 2 aromatic heterocycles. The van der Waals surface area contributed by atoms with Crippen molar-refractivity contribution in [2.75, 3.05) is 4.90 Å². The van der Waals surface area contributed by atoms with Crippen LogP contribution in [0.25, 0.3) is 80.3 Å². The van der Waals surface area contributed by atoms with Gasteiger partial charge < -0.3 is 9.47 Å². The Kier molecular flexibility index (Phi) is 6.76. The molecule has 0 saturated carbocycles. The lowest BCUT2D eigenvalue weighted by molar-refractivity contribution is 1.18. The summed E-state index contributed by atoms with van der Waals surface area (Å²) in [6.07, 6.45) is 0. The van der Waals surface area contributed by atoms with Crippen LogP contribution in [0.1, 0.15) is 0 Å². The zero-order valence-corrected chi connectivity index (χ0v) is 29.6. The number of para-hydroxylation sites is 2. The predicted molar refractivity (Wildman–Crippen MR) is 229 cm³/mol. The van der Waals surface area contributed by atoms with Gasteiger partial charge in [-0.15, -0.1) is 11.3 Å². The van der Waals surface area contributed by atoms with E-state index < -0.39 is 0 Å². The van der Waals surface area contributed by atoms with Crippen molar-refractivity contribution in [3.8, 4) is 16.8 Å². The number of fused-ring (bicyclic) bond motifs is 8. The van der Waals surface area contributed by atoms with E-state index in [0.717, 1.165) is 17.1 Å². The van der Waals surface area contributed by atoms with Crippen LogP contribution >= 0.6 is 11.3 Å². The number of benzene rings is 9. The van der Waals surface area contributed by atoms with Gasteiger partial charge in [0.15, 0.2) is 0 Å². The van der Waals surface area contributed by atoms with Gasteiger partial charge in [-0.3, -0.25) is 0 Å². The van der Waals surface area contributed by atoms with Crippen molar-refractivity contribution in [1.82, 2.24) is 4.57 Å². The quantitative estimate of drug-likeness (QED) is 0.174. The van der Waals surface area contributed by atoms with Crippen molar-refractivity contribution in [3.05, 3.63) is 194 Å². The highest BCUT2D eigenvalue weighted by molar-refractivity contribution is 7.26. The van der Waals surface area contributed by atoms with Crippen LogP contribution in [0.15, 0.2) is 194 Å². The van der Waals surface area contributed by atoms with E-state index in [-0.39, 0.29) is 0 Å².